The van der Waals surface area contributed by atoms with Crippen molar-refractivity contribution in [1.82, 2.24) is 9.80 Å². The molecule has 2 aliphatic rings. The van der Waals surface area contributed by atoms with Crippen LogP contribution in [0.15, 0.2) is 42.5 Å². The number of aliphatic hydroxyl groups is 1. The predicted molar refractivity (Wildman–Crippen MR) is 120 cm³/mol. The van der Waals surface area contributed by atoms with Crippen molar-refractivity contribution in [2.75, 3.05) is 32.8 Å². The lowest BCUT2D eigenvalue weighted by Crippen LogP contribution is -2.56. The lowest BCUT2D eigenvalue weighted by Gasteiger charge is -2.45. The van der Waals surface area contributed by atoms with Gasteiger partial charge in [-0.2, -0.15) is 0 Å². The summed E-state index contributed by atoms with van der Waals surface area (Å²) in [4.78, 5) is 29.4. The molecule has 2 aromatic carbocycles. The minimum absolute atomic E-state index is 0.0439. The van der Waals surface area contributed by atoms with Crippen LogP contribution in [0, 0.1) is 0 Å². The first-order chi connectivity index (χ1) is 15.0. The molecule has 0 spiro atoms. The molecule has 1 atom stereocenters. The third kappa shape index (κ3) is 4.40. The summed E-state index contributed by atoms with van der Waals surface area (Å²) in [6, 6.07) is 14.0. The number of nitrogens with zero attached hydrogens (tertiary/aromatic N) is 2. The monoisotopic (exact) mass is 424 g/mol. The van der Waals surface area contributed by atoms with Gasteiger partial charge in [0, 0.05) is 26.2 Å². The van der Waals surface area contributed by atoms with Gasteiger partial charge in [-0.1, -0.05) is 55.8 Å². The van der Waals surface area contributed by atoms with Gasteiger partial charge in [-0.25, -0.2) is 4.79 Å². The van der Waals surface area contributed by atoms with Gasteiger partial charge in [0.2, 0.25) is 5.91 Å². The Bertz CT molecular complexity index is 927. The van der Waals surface area contributed by atoms with E-state index in [0.29, 0.717) is 45.6 Å². The van der Waals surface area contributed by atoms with Gasteiger partial charge < -0.3 is 19.6 Å². The van der Waals surface area contributed by atoms with Crippen LogP contribution in [0.4, 0.5) is 4.79 Å². The Morgan fingerprint density at radius 1 is 1.03 bits per heavy atom. The molecule has 31 heavy (non-hydrogen) atoms. The summed E-state index contributed by atoms with van der Waals surface area (Å²) in [5.74, 6) is -0.632. The van der Waals surface area contributed by atoms with Crippen molar-refractivity contribution < 1.29 is 19.4 Å². The number of hydrogen-bond donors (Lipinski definition) is 1. The lowest BCUT2D eigenvalue weighted by atomic mass is 9.67. The highest BCUT2D eigenvalue weighted by molar-refractivity contribution is 5.94. The molecule has 0 radical (unpaired) electrons. The first-order valence-electron chi connectivity index (χ1n) is 11.4. The maximum Gasteiger partial charge on any atom is 0.409 e. The molecule has 2 amide bonds. The van der Waals surface area contributed by atoms with Crippen LogP contribution >= 0.6 is 0 Å². The zero-order chi connectivity index (χ0) is 21.8. The van der Waals surface area contributed by atoms with E-state index in [9.17, 15) is 14.7 Å². The normalized spacial score (nSPS) is 19.0. The summed E-state index contributed by atoms with van der Waals surface area (Å²) in [6.07, 6.45) is 3.74. The number of ether oxygens (including phenoxy) is 1. The Hall–Kier alpha value is -2.60. The number of amides is 2. The summed E-state index contributed by atoms with van der Waals surface area (Å²) in [7, 11) is 0. The second-order valence-corrected chi connectivity index (χ2v) is 8.74. The molecule has 1 saturated heterocycles. The molecule has 0 aromatic heterocycles. The number of piperazine rings is 1. The average molecular weight is 425 g/mol. The van der Waals surface area contributed by atoms with Gasteiger partial charge >= 0.3 is 6.09 Å². The van der Waals surface area contributed by atoms with Crippen LogP contribution in [-0.4, -0.2) is 65.3 Å². The molecular weight excluding hydrogens is 392 g/mol. The second kappa shape index (κ2) is 9.27. The molecular formula is C25H32N2O4. The van der Waals surface area contributed by atoms with E-state index in [0.717, 1.165) is 35.6 Å². The van der Waals surface area contributed by atoms with Crippen molar-refractivity contribution in [2.45, 2.75) is 50.5 Å². The molecule has 6 heteroatoms. The molecule has 166 valence electrons. The van der Waals surface area contributed by atoms with Crippen LogP contribution in [0.5, 0.6) is 0 Å². The molecule has 1 unspecified atom stereocenters. The SMILES string of the molecule is CCCCOC(=O)N1CCN(C(=O)C(c2cccc3ccccc23)C2(O)CCC2)CC1. The lowest BCUT2D eigenvalue weighted by molar-refractivity contribution is -0.146. The quantitative estimate of drug-likeness (QED) is 0.714. The van der Waals surface area contributed by atoms with E-state index < -0.39 is 11.5 Å². The zero-order valence-electron chi connectivity index (χ0n) is 18.3. The average Bonchev–Trinajstić information content (AvgIpc) is 2.78. The van der Waals surface area contributed by atoms with Gasteiger partial charge in [0.15, 0.2) is 0 Å². The van der Waals surface area contributed by atoms with Crippen LogP contribution in [-0.2, 0) is 9.53 Å². The van der Waals surface area contributed by atoms with Crippen LogP contribution in [0.3, 0.4) is 0 Å². The molecule has 2 fully saturated rings. The van der Waals surface area contributed by atoms with Crippen molar-refractivity contribution in [3.05, 3.63) is 48.0 Å². The Kier molecular flexibility index (Phi) is 6.46. The number of hydrogen-bond acceptors (Lipinski definition) is 4. The fraction of sp³-hybridized carbons (Fsp3) is 0.520. The van der Waals surface area contributed by atoms with E-state index >= 15 is 0 Å². The molecule has 1 N–H and O–H groups in total. The van der Waals surface area contributed by atoms with Crippen molar-refractivity contribution >= 4 is 22.8 Å². The molecule has 1 aliphatic heterocycles. The maximum absolute atomic E-state index is 13.7. The summed E-state index contributed by atoms with van der Waals surface area (Å²) < 4.78 is 5.31. The Morgan fingerprint density at radius 3 is 2.39 bits per heavy atom. The van der Waals surface area contributed by atoms with Crippen molar-refractivity contribution in [3.8, 4) is 0 Å². The number of fused-ring (bicyclic) bond motifs is 1. The molecule has 0 bridgehead atoms. The minimum Gasteiger partial charge on any atom is -0.449 e. The highest BCUT2D eigenvalue weighted by Crippen LogP contribution is 2.46. The fourth-order valence-electron chi connectivity index (χ4n) is 4.67. The van der Waals surface area contributed by atoms with E-state index in [1.54, 1.807) is 9.80 Å². The maximum atomic E-state index is 13.7. The molecule has 2 aromatic rings. The highest BCUT2D eigenvalue weighted by Gasteiger charge is 2.48. The number of carbonyl (C=O) groups excluding carboxylic acids is 2. The van der Waals surface area contributed by atoms with Crippen molar-refractivity contribution in [2.24, 2.45) is 0 Å². The third-order valence-corrected chi connectivity index (χ3v) is 6.71. The van der Waals surface area contributed by atoms with E-state index in [1.165, 1.54) is 0 Å². The highest BCUT2D eigenvalue weighted by atomic mass is 16.6. The smallest absolute Gasteiger partial charge is 0.409 e. The molecule has 4 rings (SSSR count). The van der Waals surface area contributed by atoms with Gasteiger partial charge in [-0.15, -0.1) is 0 Å². The Labute approximate surface area is 183 Å². The Balaban J connectivity index is 1.51. The largest absolute Gasteiger partial charge is 0.449 e. The van der Waals surface area contributed by atoms with E-state index in [4.69, 9.17) is 4.74 Å². The van der Waals surface area contributed by atoms with Gasteiger partial charge in [0.25, 0.3) is 0 Å². The molecule has 1 heterocycles. The topological polar surface area (TPSA) is 70.1 Å². The summed E-state index contributed by atoms with van der Waals surface area (Å²) in [6.45, 7) is 4.32. The minimum atomic E-state index is -1.00. The standard InChI is InChI=1S/C25H32N2O4/c1-2-3-18-31-24(29)27-16-14-26(15-17-27)23(28)22(25(30)12-7-13-25)21-11-6-9-19-8-4-5-10-20(19)21/h4-6,8-11,22,30H,2-3,7,12-18H2,1H3. The second-order valence-electron chi connectivity index (χ2n) is 8.74. The molecule has 1 aliphatic carbocycles. The first kappa shape index (κ1) is 21.6. The van der Waals surface area contributed by atoms with Crippen LogP contribution in [0.1, 0.15) is 50.5 Å². The molecule has 1 saturated carbocycles. The van der Waals surface area contributed by atoms with Gasteiger partial charge in [-0.05, 0) is 42.0 Å². The zero-order valence-corrected chi connectivity index (χ0v) is 18.3. The van der Waals surface area contributed by atoms with Gasteiger partial charge in [0.05, 0.1) is 18.1 Å². The van der Waals surface area contributed by atoms with Crippen molar-refractivity contribution in [3.63, 3.8) is 0 Å². The van der Waals surface area contributed by atoms with Gasteiger partial charge in [0.1, 0.15) is 0 Å². The van der Waals surface area contributed by atoms with Gasteiger partial charge in [-0.3, -0.25) is 4.79 Å². The van der Waals surface area contributed by atoms with Crippen LogP contribution < -0.4 is 0 Å². The van der Waals surface area contributed by atoms with E-state index in [1.807, 2.05) is 42.5 Å². The fourth-order valence-corrected chi connectivity index (χ4v) is 4.67. The first-order valence-corrected chi connectivity index (χ1v) is 11.4. The van der Waals surface area contributed by atoms with Crippen molar-refractivity contribution in [1.29, 1.82) is 0 Å². The number of unbranched alkanes of at least 4 members (excludes halogenated alkanes) is 1. The van der Waals surface area contributed by atoms with Crippen LogP contribution in [0.2, 0.25) is 0 Å². The summed E-state index contributed by atoms with van der Waals surface area (Å²) in [5, 5.41) is 13.4. The Morgan fingerprint density at radius 2 is 1.71 bits per heavy atom. The predicted octanol–water partition coefficient (Wildman–Crippen LogP) is 3.92. The summed E-state index contributed by atoms with van der Waals surface area (Å²) in [5.41, 5.74) is -0.107. The number of rotatable bonds is 6. The number of carbonyl (C=O) groups is 2. The molecule has 6 nitrogen and oxygen atoms in total. The van der Waals surface area contributed by atoms with E-state index in [-0.39, 0.29) is 12.0 Å². The van der Waals surface area contributed by atoms with Crippen LogP contribution in [0.25, 0.3) is 10.8 Å². The third-order valence-electron chi connectivity index (χ3n) is 6.71. The van der Waals surface area contributed by atoms with E-state index in [2.05, 4.69) is 6.92 Å². The number of benzene rings is 2. The summed E-state index contributed by atoms with van der Waals surface area (Å²) >= 11 is 0.